The zero-order valence-electron chi connectivity index (χ0n) is 13.7. The minimum Gasteiger partial charge on any atom is -0.356 e. The van der Waals surface area contributed by atoms with E-state index in [9.17, 15) is 13.2 Å². The second-order valence-corrected chi connectivity index (χ2v) is 8.83. The predicted molar refractivity (Wildman–Crippen MR) is 92.4 cm³/mol. The van der Waals surface area contributed by atoms with Crippen molar-refractivity contribution in [3.05, 3.63) is 29.3 Å². The fourth-order valence-electron chi connectivity index (χ4n) is 3.56. The molecule has 24 heavy (non-hydrogen) atoms. The second-order valence-electron chi connectivity index (χ2n) is 6.51. The van der Waals surface area contributed by atoms with Crippen molar-refractivity contribution in [2.75, 3.05) is 33.2 Å². The molecule has 1 spiro atoms. The Kier molecular flexibility index (Phi) is 4.88. The summed E-state index contributed by atoms with van der Waals surface area (Å²) in [6.07, 6.45) is 1.82. The number of benzene rings is 1. The lowest BCUT2D eigenvalue weighted by Gasteiger charge is -2.48. The summed E-state index contributed by atoms with van der Waals surface area (Å²) >= 11 is 6.11. The van der Waals surface area contributed by atoms with Crippen molar-refractivity contribution >= 4 is 27.5 Å². The largest absolute Gasteiger partial charge is 0.356 e. The molecule has 2 saturated heterocycles. The summed E-state index contributed by atoms with van der Waals surface area (Å²) in [6, 6.07) is 6.53. The molecule has 0 unspecified atom stereocenters. The van der Waals surface area contributed by atoms with Crippen LogP contribution < -0.4 is 5.32 Å². The Morgan fingerprint density at radius 2 is 1.96 bits per heavy atom. The Morgan fingerprint density at radius 1 is 1.21 bits per heavy atom. The average molecular weight is 372 g/mol. The zero-order chi connectivity index (χ0) is 17.4. The number of likely N-dealkylation sites (N-methyl/N-ethyl adjacent to an activating group) is 1. The molecule has 2 aliphatic heterocycles. The first-order valence-corrected chi connectivity index (χ1v) is 9.90. The monoisotopic (exact) mass is 371 g/mol. The molecule has 1 amide bonds. The number of nitrogens with zero attached hydrogens (tertiary/aromatic N) is 2. The van der Waals surface area contributed by atoms with E-state index in [4.69, 9.17) is 11.6 Å². The Hall–Kier alpha value is -1.15. The lowest BCUT2D eigenvalue weighted by atomic mass is 9.87. The van der Waals surface area contributed by atoms with Gasteiger partial charge in [-0.25, -0.2) is 8.42 Å². The summed E-state index contributed by atoms with van der Waals surface area (Å²) < 4.78 is 27.6. The van der Waals surface area contributed by atoms with E-state index in [0.717, 1.165) is 6.42 Å². The van der Waals surface area contributed by atoms with Crippen LogP contribution in [0.1, 0.15) is 19.3 Å². The molecule has 0 radical (unpaired) electrons. The molecule has 1 aromatic carbocycles. The van der Waals surface area contributed by atoms with Crippen molar-refractivity contribution < 1.29 is 13.2 Å². The third-order valence-electron chi connectivity index (χ3n) is 5.15. The highest BCUT2D eigenvalue weighted by atomic mass is 35.5. The zero-order valence-corrected chi connectivity index (χ0v) is 15.2. The predicted octanol–water partition coefficient (Wildman–Crippen LogP) is 1.31. The molecule has 6 nitrogen and oxygen atoms in total. The molecule has 8 heteroatoms. The van der Waals surface area contributed by atoms with E-state index in [1.165, 1.54) is 4.31 Å². The number of hydrogen-bond acceptors (Lipinski definition) is 4. The van der Waals surface area contributed by atoms with Crippen LogP contribution in [0.2, 0.25) is 5.02 Å². The van der Waals surface area contributed by atoms with Crippen molar-refractivity contribution in [2.24, 2.45) is 0 Å². The molecule has 0 bridgehead atoms. The Balaban J connectivity index is 1.90. The molecule has 2 fully saturated rings. The number of amides is 1. The molecule has 2 heterocycles. The summed E-state index contributed by atoms with van der Waals surface area (Å²) in [4.78, 5) is 14.0. The average Bonchev–Trinajstić information content (AvgIpc) is 2.73. The molecule has 1 atom stereocenters. The van der Waals surface area contributed by atoms with Crippen LogP contribution in [0.5, 0.6) is 0 Å². The van der Waals surface area contributed by atoms with E-state index in [2.05, 4.69) is 10.2 Å². The first kappa shape index (κ1) is 17.7. The van der Waals surface area contributed by atoms with Gasteiger partial charge in [-0.3, -0.25) is 9.69 Å². The highest BCUT2D eigenvalue weighted by Crippen LogP contribution is 2.34. The first-order valence-electron chi connectivity index (χ1n) is 8.08. The lowest BCUT2D eigenvalue weighted by molar-refractivity contribution is -0.121. The van der Waals surface area contributed by atoms with E-state index >= 15 is 0 Å². The van der Waals surface area contributed by atoms with E-state index in [-0.39, 0.29) is 21.4 Å². The van der Waals surface area contributed by atoms with Crippen LogP contribution >= 0.6 is 11.6 Å². The molecule has 0 aliphatic carbocycles. The van der Waals surface area contributed by atoms with Gasteiger partial charge in [0.1, 0.15) is 4.90 Å². The van der Waals surface area contributed by atoms with Crippen molar-refractivity contribution in [3.63, 3.8) is 0 Å². The smallest absolute Gasteiger partial charge is 0.244 e. The van der Waals surface area contributed by atoms with Gasteiger partial charge < -0.3 is 5.32 Å². The molecule has 132 valence electrons. The maximum atomic E-state index is 13.0. The van der Waals surface area contributed by atoms with Crippen molar-refractivity contribution in [2.45, 2.75) is 29.7 Å². The summed E-state index contributed by atoms with van der Waals surface area (Å²) in [6.45, 7) is 2.01. The number of rotatable bonds is 2. The van der Waals surface area contributed by atoms with Gasteiger partial charge in [0.05, 0.1) is 5.02 Å². The minimum absolute atomic E-state index is 0.0337. The topological polar surface area (TPSA) is 69.7 Å². The standard InChI is InChI=1S/C16H22ClN3O3S/c1-19-10-11-20(12-16(19)7-6-15(21)18-9-8-16)24(22,23)14-5-3-2-4-13(14)17/h2-5H,6-12H2,1H3,(H,18,21)/t16-/m0/s1. The van der Waals surface area contributed by atoms with Gasteiger partial charge in [-0.2, -0.15) is 4.31 Å². The number of halogens is 1. The summed E-state index contributed by atoms with van der Waals surface area (Å²) in [5.74, 6) is 0.0337. The molecule has 0 saturated carbocycles. The number of carbonyl (C=O) groups excluding carboxylic acids is 1. The third-order valence-corrected chi connectivity index (χ3v) is 7.49. The molecule has 0 aromatic heterocycles. The number of sulfonamides is 1. The van der Waals surface area contributed by atoms with Gasteiger partial charge in [0.15, 0.2) is 0 Å². The number of nitrogens with one attached hydrogen (secondary N) is 1. The highest BCUT2D eigenvalue weighted by Gasteiger charge is 2.44. The molecular formula is C16H22ClN3O3S. The SMILES string of the molecule is CN1CCN(S(=O)(=O)c2ccccc2Cl)C[C@]12CCNC(=O)CC2. The van der Waals surface area contributed by atoms with Crippen molar-refractivity contribution in [1.29, 1.82) is 0 Å². The molecule has 1 aromatic rings. The van der Waals surface area contributed by atoms with E-state index < -0.39 is 10.0 Å². The minimum atomic E-state index is -3.65. The molecule has 3 rings (SSSR count). The van der Waals surface area contributed by atoms with Gasteiger partial charge in [-0.15, -0.1) is 0 Å². The van der Waals surface area contributed by atoms with E-state index in [1.807, 2.05) is 7.05 Å². The number of hydrogen-bond donors (Lipinski definition) is 1. The number of carbonyl (C=O) groups is 1. The third kappa shape index (κ3) is 3.18. The van der Waals surface area contributed by atoms with Gasteiger partial charge in [0, 0.05) is 38.1 Å². The van der Waals surface area contributed by atoms with Crippen molar-refractivity contribution in [1.82, 2.24) is 14.5 Å². The highest BCUT2D eigenvalue weighted by molar-refractivity contribution is 7.89. The van der Waals surface area contributed by atoms with Crippen LogP contribution in [0.4, 0.5) is 0 Å². The molecule has 1 N–H and O–H groups in total. The summed E-state index contributed by atoms with van der Waals surface area (Å²) in [7, 11) is -1.64. The van der Waals surface area contributed by atoms with Crippen LogP contribution in [0.15, 0.2) is 29.2 Å². The van der Waals surface area contributed by atoms with Crippen LogP contribution in [0, 0.1) is 0 Å². The fourth-order valence-corrected chi connectivity index (χ4v) is 5.56. The van der Waals surface area contributed by atoms with Gasteiger partial charge in [-0.05, 0) is 32.0 Å². The van der Waals surface area contributed by atoms with Crippen molar-refractivity contribution in [3.8, 4) is 0 Å². The Morgan fingerprint density at radius 3 is 2.71 bits per heavy atom. The van der Waals surface area contributed by atoms with Gasteiger partial charge in [0.25, 0.3) is 0 Å². The summed E-state index contributed by atoms with van der Waals surface area (Å²) in [5.41, 5.74) is -0.314. The Bertz CT molecular complexity index is 740. The number of piperazine rings is 1. The Labute approximate surface area is 147 Å². The fraction of sp³-hybridized carbons (Fsp3) is 0.562. The van der Waals surface area contributed by atoms with Gasteiger partial charge in [-0.1, -0.05) is 23.7 Å². The van der Waals surface area contributed by atoms with E-state index in [1.54, 1.807) is 24.3 Å². The maximum absolute atomic E-state index is 13.0. The van der Waals surface area contributed by atoms with Gasteiger partial charge in [0.2, 0.25) is 15.9 Å². The van der Waals surface area contributed by atoms with Crippen LogP contribution in [-0.2, 0) is 14.8 Å². The second kappa shape index (κ2) is 6.63. The van der Waals surface area contributed by atoms with Crippen LogP contribution in [-0.4, -0.2) is 62.3 Å². The summed E-state index contributed by atoms with van der Waals surface area (Å²) in [5, 5.41) is 3.12. The van der Waals surface area contributed by atoms with E-state index in [0.29, 0.717) is 39.0 Å². The van der Waals surface area contributed by atoms with Gasteiger partial charge >= 0.3 is 0 Å². The normalized spacial score (nSPS) is 27.0. The quantitative estimate of drug-likeness (QED) is 0.851. The van der Waals surface area contributed by atoms with Crippen LogP contribution in [0.25, 0.3) is 0 Å². The first-order chi connectivity index (χ1) is 11.3. The lowest BCUT2D eigenvalue weighted by Crippen LogP contribution is -2.62. The maximum Gasteiger partial charge on any atom is 0.244 e. The molecular weight excluding hydrogens is 350 g/mol. The molecule has 2 aliphatic rings. The van der Waals surface area contributed by atoms with Crippen LogP contribution in [0.3, 0.4) is 0 Å².